The van der Waals surface area contributed by atoms with Gasteiger partial charge in [-0.25, -0.2) is 4.98 Å². The van der Waals surface area contributed by atoms with Crippen LogP contribution in [0.4, 0.5) is 0 Å². The van der Waals surface area contributed by atoms with Crippen molar-refractivity contribution in [3.8, 4) is 0 Å². The topological polar surface area (TPSA) is 46.4 Å². The summed E-state index contributed by atoms with van der Waals surface area (Å²) < 4.78 is 1.94. The second kappa shape index (κ2) is 4.91. The monoisotopic (exact) mass is 277 g/mol. The molecular formula is C12H11N3OS2. The Hall–Kier alpha value is -1.66. The quantitative estimate of drug-likeness (QED) is 0.795. The summed E-state index contributed by atoms with van der Waals surface area (Å²) in [5, 5.41) is 6.88. The molecule has 3 aromatic rings. The smallest absolute Gasteiger partial charge is 0.226 e. The fraction of sp³-hybridized carbons (Fsp3) is 0.167. The molecule has 0 aliphatic rings. The maximum atomic E-state index is 11.8. The fourth-order valence-electron chi connectivity index (χ4n) is 1.69. The van der Waals surface area contributed by atoms with Crippen LogP contribution in [0.3, 0.4) is 0 Å². The number of aromatic nitrogens is 2. The molecule has 3 aromatic heterocycles. The number of amides is 1. The van der Waals surface area contributed by atoms with Crippen molar-refractivity contribution in [2.75, 3.05) is 0 Å². The molecule has 1 N–H and O–H groups in total. The summed E-state index contributed by atoms with van der Waals surface area (Å²) in [5.74, 6) is 0.00848. The van der Waals surface area contributed by atoms with E-state index in [1.807, 2.05) is 39.7 Å². The van der Waals surface area contributed by atoms with E-state index < -0.39 is 0 Å². The molecule has 0 aromatic carbocycles. The number of nitrogens with one attached hydrogen (secondary N) is 1. The van der Waals surface area contributed by atoms with E-state index in [0.717, 1.165) is 15.5 Å². The van der Waals surface area contributed by atoms with Crippen molar-refractivity contribution in [1.29, 1.82) is 0 Å². The normalized spacial score (nSPS) is 10.9. The molecule has 0 bridgehead atoms. The first-order valence-electron chi connectivity index (χ1n) is 5.51. The van der Waals surface area contributed by atoms with E-state index >= 15 is 0 Å². The second-order valence-electron chi connectivity index (χ2n) is 3.86. The summed E-state index contributed by atoms with van der Waals surface area (Å²) in [6.45, 7) is 0.596. The van der Waals surface area contributed by atoms with Crippen molar-refractivity contribution in [2.24, 2.45) is 0 Å². The van der Waals surface area contributed by atoms with Gasteiger partial charge in [0.2, 0.25) is 5.91 Å². The third-order valence-corrected chi connectivity index (χ3v) is 4.17. The number of imidazole rings is 1. The Morgan fingerprint density at radius 2 is 2.33 bits per heavy atom. The highest BCUT2D eigenvalue weighted by atomic mass is 32.1. The van der Waals surface area contributed by atoms with Gasteiger partial charge in [0.25, 0.3) is 0 Å². The second-order valence-corrected chi connectivity index (χ2v) is 5.76. The lowest BCUT2D eigenvalue weighted by molar-refractivity contribution is -0.120. The van der Waals surface area contributed by atoms with Crippen molar-refractivity contribution in [1.82, 2.24) is 14.7 Å². The molecule has 92 valence electrons. The molecule has 0 spiro atoms. The van der Waals surface area contributed by atoms with E-state index in [1.165, 1.54) is 0 Å². The van der Waals surface area contributed by atoms with Gasteiger partial charge in [-0.2, -0.15) is 0 Å². The standard InChI is InChI=1S/C12H11N3OS2/c16-11(13-7-10-2-1-4-17-10)6-9-8-15-3-5-18-12(15)14-9/h1-5,8H,6-7H2,(H,13,16). The van der Waals surface area contributed by atoms with Crippen molar-refractivity contribution in [3.63, 3.8) is 0 Å². The molecule has 6 heteroatoms. The van der Waals surface area contributed by atoms with Crippen LogP contribution in [0.25, 0.3) is 4.96 Å². The molecular weight excluding hydrogens is 266 g/mol. The van der Waals surface area contributed by atoms with Crippen LogP contribution >= 0.6 is 22.7 Å². The van der Waals surface area contributed by atoms with E-state index in [4.69, 9.17) is 0 Å². The van der Waals surface area contributed by atoms with Gasteiger partial charge in [-0.3, -0.25) is 9.20 Å². The molecule has 0 aliphatic carbocycles. The largest absolute Gasteiger partial charge is 0.351 e. The van der Waals surface area contributed by atoms with Gasteiger partial charge in [-0.1, -0.05) is 6.07 Å². The molecule has 18 heavy (non-hydrogen) atoms. The van der Waals surface area contributed by atoms with Crippen LogP contribution in [0.1, 0.15) is 10.6 Å². The molecule has 0 fully saturated rings. The Morgan fingerprint density at radius 3 is 3.11 bits per heavy atom. The van der Waals surface area contributed by atoms with Crippen LogP contribution in [-0.4, -0.2) is 15.3 Å². The number of fused-ring (bicyclic) bond motifs is 1. The Bertz CT molecular complexity index is 625. The molecule has 0 saturated carbocycles. The van der Waals surface area contributed by atoms with Crippen LogP contribution in [0.2, 0.25) is 0 Å². The first-order chi connectivity index (χ1) is 8.81. The van der Waals surface area contributed by atoms with Crippen LogP contribution in [0.5, 0.6) is 0 Å². The first-order valence-corrected chi connectivity index (χ1v) is 7.27. The number of hydrogen-bond donors (Lipinski definition) is 1. The third kappa shape index (κ3) is 2.44. The van der Waals surface area contributed by atoms with E-state index in [9.17, 15) is 4.79 Å². The molecule has 4 nitrogen and oxygen atoms in total. The molecule has 0 unspecified atom stereocenters. The van der Waals surface area contributed by atoms with E-state index in [-0.39, 0.29) is 5.91 Å². The highest BCUT2D eigenvalue weighted by Gasteiger charge is 2.08. The predicted octanol–water partition coefficient (Wildman–Crippen LogP) is 2.32. The van der Waals surface area contributed by atoms with Gasteiger partial charge in [0.05, 0.1) is 18.7 Å². The minimum Gasteiger partial charge on any atom is -0.351 e. The lowest BCUT2D eigenvalue weighted by atomic mass is 10.3. The van der Waals surface area contributed by atoms with E-state index in [1.54, 1.807) is 22.7 Å². The average Bonchev–Trinajstić information content (AvgIpc) is 3.01. The molecule has 1 amide bonds. The lowest BCUT2D eigenvalue weighted by Gasteiger charge is -2.01. The molecule has 3 rings (SSSR count). The summed E-state index contributed by atoms with van der Waals surface area (Å²) in [6, 6.07) is 3.99. The summed E-state index contributed by atoms with van der Waals surface area (Å²) in [5.41, 5.74) is 0.811. The number of carbonyl (C=O) groups is 1. The van der Waals surface area contributed by atoms with Gasteiger partial charge in [-0.15, -0.1) is 22.7 Å². The fourth-order valence-corrected chi connectivity index (χ4v) is 3.05. The van der Waals surface area contributed by atoms with Crippen molar-refractivity contribution < 1.29 is 4.79 Å². The maximum absolute atomic E-state index is 11.8. The van der Waals surface area contributed by atoms with E-state index in [0.29, 0.717) is 13.0 Å². The minimum absolute atomic E-state index is 0.00848. The zero-order valence-corrected chi connectivity index (χ0v) is 11.1. The summed E-state index contributed by atoms with van der Waals surface area (Å²) in [6.07, 6.45) is 4.18. The van der Waals surface area contributed by atoms with E-state index in [2.05, 4.69) is 10.3 Å². The Kier molecular flexibility index (Phi) is 3.12. The summed E-state index contributed by atoms with van der Waals surface area (Å²) in [4.78, 5) is 18.2. The van der Waals surface area contributed by atoms with Crippen molar-refractivity contribution in [2.45, 2.75) is 13.0 Å². The van der Waals surface area contributed by atoms with Crippen molar-refractivity contribution >= 4 is 33.5 Å². The number of nitrogens with zero attached hydrogens (tertiary/aromatic N) is 2. The average molecular weight is 277 g/mol. The predicted molar refractivity (Wildman–Crippen MR) is 72.9 cm³/mol. The van der Waals surface area contributed by atoms with Crippen LogP contribution in [0, 0.1) is 0 Å². The zero-order chi connectivity index (χ0) is 12.4. The molecule has 0 aliphatic heterocycles. The maximum Gasteiger partial charge on any atom is 0.226 e. The Labute approximate surface area is 112 Å². The molecule has 0 saturated heterocycles. The number of hydrogen-bond acceptors (Lipinski definition) is 4. The number of carbonyl (C=O) groups excluding carboxylic acids is 1. The third-order valence-electron chi connectivity index (χ3n) is 2.52. The highest BCUT2D eigenvalue weighted by Crippen LogP contribution is 2.12. The highest BCUT2D eigenvalue weighted by molar-refractivity contribution is 7.15. The number of thiophene rings is 1. The summed E-state index contributed by atoms with van der Waals surface area (Å²) >= 11 is 3.21. The molecule has 3 heterocycles. The van der Waals surface area contributed by atoms with Gasteiger partial charge >= 0.3 is 0 Å². The molecule has 0 radical (unpaired) electrons. The molecule has 0 atom stereocenters. The number of rotatable bonds is 4. The van der Waals surface area contributed by atoms with Gasteiger partial charge in [0, 0.05) is 22.7 Å². The van der Waals surface area contributed by atoms with Crippen LogP contribution < -0.4 is 5.32 Å². The Balaban J connectivity index is 1.59. The van der Waals surface area contributed by atoms with Gasteiger partial charge in [0.15, 0.2) is 4.96 Å². The van der Waals surface area contributed by atoms with Crippen LogP contribution in [0.15, 0.2) is 35.3 Å². The first kappa shape index (κ1) is 11.4. The lowest BCUT2D eigenvalue weighted by Crippen LogP contribution is -2.24. The summed E-state index contributed by atoms with van der Waals surface area (Å²) in [7, 11) is 0. The SMILES string of the molecule is O=C(Cc1cn2ccsc2n1)NCc1cccs1. The minimum atomic E-state index is 0.00848. The zero-order valence-electron chi connectivity index (χ0n) is 9.50. The van der Waals surface area contributed by atoms with Crippen molar-refractivity contribution in [3.05, 3.63) is 45.9 Å². The van der Waals surface area contributed by atoms with Crippen LogP contribution in [-0.2, 0) is 17.8 Å². The van der Waals surface area contributed by atoms with Gasteiger partial charge in [-0.05, 0) is 11.4 Å². The Morgan fingerprint density at radius 1 is 1.39 bits per heavy atom. The number of thiazole rings is 1. The van der Waals surface area contributed by atoms with Gasteiger partial charge in [0.1, 0.15) is 0 Å². The van der Waals surface area contributed by atoms with Gasteiger partial charge < -0.3 is 5.32 Å².